The summed E-state index contributed by atoms with van der Waals surface area (Å²) in [5.41, 5.74) is 1.61. The molecule has 0 aromatic carbocycles. The first-order chi connectivity index (χ1) is 9.36. The van der Waals surface area contributed by atoms with Crippen molar-refractivity contribution >= 4 is 5.82 Å². The monoisotopic (exact) mass is 256 g/mol. The van der Waals surface area contributed by atoms with Crippen LogP contribution in [0.15, 0.2) is 36.5 Å². The molecule has 5 heteroatoms. The Morgan fingerprint density at radius 2 is 2.11 bits per heavy atom. The van der Waals surface area contributed by atoms with E-state index in [0.717, 1.165) is 36.7 Å². The van der Waals surface area contributed by atoms with Crippen molar-refractivity contribution in [1.29, 1.82) is 0 Å². The van der Waals surface area contributed by atoms with E-state index in [1.54, 1.807) is 6.20 Å². The van der Waals surface area contributed by atoms with Gasteiger partial charge in [0.2, 0.25) is 0 Å². The zero-order valence-electron chi connectivity index (χ0n) is 10.6. The Morgan fingerprint density at radius 1 is 1.16 bits per heavy atom. The highest BCUT2D eigenvalue weighted by Crippen LogP contribution is 2.22. The summed E-state index contributed by atoms with van der Waals surface area (Å²) in [6, 6.07) is 9.64. The molecule has 1 atom stereocenters. The normalized spacial score (nSPS) is 18.8. The molecule has 0 radical (unpaired) electrons. The first kappa shape index (κ1) is 12.0. The fourth-order valence-electron chi connectivity index (χ4n) is 2.33. The lowest BCUT2D eigenvalue weighted by Crippen LogP contribution is -2.21. The molecule has 1 unspecified atom stereocenters. The smallest absolute Gasteiger partial charge is 0.151 e. The minimum absolute atomic E-state index is 0.246. The summed E-state index contributed by atoms with van der Waals surface area (Å²) in [7, 11) is 0. The SMILES string of the molecule is OCC1CCN(c2ccc(-c3ccccn3)nn2)C1. The van der Waals surface area contributed by atoms with Gasteiger partial charge in [-0.15, -0.1) is 10.2 Å². The maximum Gasteiger partial charge on any atom is 0.151 e. The van der Waals surface area contributed by atoms with Gasteiger partial charge in [0, 0.05) is 31.8 Å². The number of hydrogen-bond acceptors (Lipinski definition) is 5. The Bertz CT molecular complexity index is 529. The van der Waals surface area contributed by atoms with E-state index < -0.39 is 0 Å². The summed E-state index contributed by atoms with van der Waals surface area (Å²) in [5.74, 6) is 1.23. The van der Waals surface area contributed by atoms with E-state index in [-0.39, 0.29) is 6.61 Å². The largest absolute Gasteiger partial charge is 0.396 e. The number of aliphatic hydroxyl groups excluding tert-OH is 1. The molecule has 3 rings (SSSR count). The molecule has 0 saturated carbocycles. The second kappa shape index (κ2) is 5.32. The van der Waals surface area contributed by atoms with E-state index in [9.17, 15) is 0 Å². The minimum atomic E-state index is 0.246. The number of anilines is 1. The van der Waals surface area contributed by atoms with E-state index in [0.29, 0.717) is 5.92 Å². The molecule has 1 fully saturated rings. The third-order valence-electron chi connectivity index (χ3n) is 3.45. The molecule has 0 aliphatic carbocycles. The highest BCUT2D eigenvalue weighted by molar-refractivity contribution is 5.54. The van der Waals surface area contributed by atoms with Crippen LogP contribution in [0.4, 0.5) is 5.82 Å². The molecule has 19 heavy (non-hydrogen) atoms. The number of pyridine rings is 1. The molecule has 1 saturated heterocycles. The predicted molar refractivity (Wildman–Crippen MR) is 72.7 cm³/mol. The number of hydrogen-bond donors (Lipinski definition) is 1. The average molecular weight is 256 g/mol. The molecule has 2 aromatic heterocycles. The summed E-state index contributed by atoms with van der Waals surface area (Å²) in [5, 5.41) is 17.6. The Balaban J connectivity index is 1.76. The maximum atomic E-state index is 9.15. The minimum Gasteiger partial charge on any atom is -0.396 e. The standard InChI is InChI=1S/C14H16N4O/c19-10-11-6-8-18(9-11)14-5-4-13(16-17-14)12-3-1-2-7-15-12/h1-5,7,11,19H,6,8-10H2. The molecule has 1 aliphatic rings. The van der Waals surface area contributed by atoms with Crippen molar-refractivity contribution in [2.24, 2.45) is 5.92 Å². The number of nitrogens with zero attached hydrogens (tertiary/aromatic N) is 4. The van der Waals surface area contributed by atoms with Gasteiger partial charge in [-0.05, 0) is 30.7 Å². The third kappa shape index (κ3) is 2.56. The van der Waals surface area contributed by atoms with Gasteiger partial charge < -0.3 is 10.0 Å². The van der Waals surface area contributed by atoms with Crippen LogP contribution in [-0.4, -0.2) is 40.0 Å². The average Bonchev–Trinajstić information content (AvgIpc) is 2.97. The molecule has 0 amide bonds. The zero-order chi connectivity index (χ0) is 13.1. The van der Waals surface area contributed by atoms with Crippen molar-refractivity contribution in [3.8, 4) is 11.4 Å². The fourth-order valence-corrected chi connectivity index (χ4v) is 2.33. The Morgan fingerprint density at radius 3 is 2.74 bits per heavy atom. The van der Waals surface area contributed by atoms with Crippen LogP contribution in [0.25, 0.3) is 11.4 Å². The van der Waals surface area contributed by atoms with E-state index in [4.69, 9.17) is 5.11 Å². The summed E-state index contributed by atoms with van der Waals surface area (Å²) >= 11 is 0. The Hall–Kier alpha value is -2.01. The molecule has 5 nitrogen and oxygen atoms in total. The van der Waals surface area contributed by atoms with Crippen LogP contribution < -0.4 is 4.90 Å². The first-order valence-corrected chi connectivity index (χ1v) is 6.48. The molecule has 1 aliphatic heterocycles. The predicted octanol–water partition coefficient (Wildman–Crippen LogP) is 1.36. The molecule has 3 heterocycles. The van der Waals surface area contributed by atoms with Crippen LogP contribution in [0.5, 0.6) is 0 Å². The summed E-state index contributed by atoms with van der Waals surface area (Å²) in [6.45, 7) is 2.03. The molecule has 2 aromatic rings. The van der Waals surface area contributed by atoms with Gasteiger partial charge in [0.25, 0.3) is 0 Å². The van der Waals surface area contributed by atoms with Crippen molar-refractivity contribution in [3.63, 3.8) is 0 Å². The summed E-state index contributed by atoms with van der Waals surface area (Å²) in [6.07, 6.45) is 2.76. The van der Waals surface area contributed by atoms with Gasteiger partial charge in [-0.2, -0.15) is 0 Å². The van der Waals surface area contributed by atoms with Crippen LogP contribution in [-0.2, 0) is 0 Å². The molecular weight excluding hydrogens is 240 g/mol. The molecule has 98 valence electrons. The van der Waals surface area contributed by atoms with Gasteiger partial charge in [0.05, 0.1) is 5.69 Å². The topological polar surface area (TPSA) is 62.1 Å². The summed E-state index contributed by atoms with van der Waals surface area (Å²) in [4.78, 5) is 6.42. The number of aliphatic hydroxyl groups is 1. The fraction of sp³-hybridized carbons (Fsp3) is 0.357. The number of rotatable bonds is 3. The second-order valence-corrected chi connectivity index (χ2v) is 4.78. The molecule has 0 spiro atoms. The third-order valence-corrected chi connectivity index (χ3v) is 3.45. The second-order valence-electron chi connectivity index (χ2n) is 4.78. The number of aromatic nitrogens is 3. The maximum absolute atomic E-state index is 9.15. The summed E-state index contributed by atoms with van der Waals surface area (Å²) < 4.78 is 0. The van der Waals surface area contributed by atoms with Crippen molar-refractivity contribution < 1.29 is 5.11 Å². The Kier molecular flexibility index (Phi) is 3.37. The van der Waals surface area contributed by atoms with Gasteiger partial charge in [0.15, 0.2) is 5.82 Å². The van der Waals surface area contributed by atoms with Crippen LogP contribution >= 0.6 is 0 Å². The molecule has 1 N–H and O–H groups in total. The van der Waals surface area contributed by atoms with Gasteiger partial charge in [0.1, 0.15) is 5.69 Å². The van der Waals surface area contributed by atoms with Crippen LogP contribution in [0.2, 0.25) is 0 Å². The highest BCUT2D eigenvalue weighted by atomic mass is 16.3. The van der Waals surface area contributed by atoms with E-state index >= 15 is 0 Å². The lowest BCUT2D eigenvalue weighted by atomic mass is 10.1. The van der Waals surface area contributed by atoms with Crippen molar-refractivity contribution in [2.75, 3.05) is 24.6 Å². The first-order valence-electron chi connectivity index (χ1n) is 6.48. The van der Waals surface area contributed by atoms with Crippen molar-refractivity contribution in [3.05, 3.63) is 36.5 Å². The van der Waals surface area contributed by atoms with E-state index in [1.807, 2.05) is 30.3 Å². The molecular formula is C14H16N4O. The van der Waals surface area contributed by atoms with Crippen LogP contribution in [0, 0.1) is 5.92 Å². The molecule has 0 bridgehead atoms. The van der Waals surface area contributed by atoms with Crippen LogP contribution in [0.1, 0.15) is 6.42 Å². The van der Waals surface area contributed by atoms with Gasteiger partial charge in [-0.3, -0.25) is 4.98 Å². The quantitative estimate of drug-likeness (QED) is 0.898. The lowest BCUT2D eigenvalue weighted by molar-refractivity contribution is 0.238. The lowest BCUT2D eigenvalue weighted by Gasteiger charge is -2.16. The van der Waals surface area contributed by atoms with Crippen molar-refractivity contribution in [2.45, 2.75) is 6.42 Å². The van der Waals surface area contributed by atoms with Gasteiger partial charge in [-0.1, -0.05) is 6.07 Å². The highest BCUT2D eigenvalue weighted by Gasteiger charge is 2.22. The van der Waals surface area contributed by atoms with E-state index in [1.165, 1.54) is 0 Å². The van der Waals surface area contributed by atoms with Crippen molar-refractivity contribution in [1.82, 2.24) is 15.2 Å². The van der Waals surface area contributed by atoms with Gasteiger partial charge in [-0.25, -0.2) is 0 Å². The van der Waals surface area contributed by atoms with Crippen LogP contribution in [0.3, 0.4) is 0 Å². The Labute approximate surface area is 111 Å². The van der Waals surface area contributed by atoms with E-state index in [2.05, 4.69) is 20.1 Å². The zero-order valence-corrected chi connectivity index (χ0v) is 10.6. The van der Waals surface area contributed by atoms with Gasteiger partial charge >= 0.3 is 0 Å².